The molecule has 158 valence electrons. The molecule has 5 rings (SSSR count). The molecule has 0 spiro atoms. The number of H-pyrrole nitrogens is 1. The fourth-order valence-electron chi connectivity index (χ4n) is 4.90. The first-order valence-corrected chi connectivity index (χ1v) is 10.9. The Morgan fingerprint density at radius 2 is 1.97 bits per heavy atom. The number of aryl methyl sites for hydroxylation is 1. The molecule has 1 aliphatic carbocycles. The van der Waals surface area contributed by atoms with Crippen LogP contribution in [0.5, 0.6) is 0 Å². The molecule has 8 nitrogen and oxygen atoms in total. The highest BCUT2D eigenvalue weighted by molar-refractivity contribution is 5.82. The first-order chi connectivity index (χ1) is 14.7. The lowest BCUT2D eigenvalue weighted by Gasteiger charge is -2.34. The molecule has 0 amide bonds. The fraction of sp³-hybridized carbons (Fsp3) is 0.545. The first kappa shape index (κ1) is 19.4. The van der Waals surface area contributed by atoms with Crippen molar-refractivity contribution in [3.05, 3.63) is 51.6 Å². The zero-order valence-corrected chi connectivity index (χ0v) is 17.4. The number of aromatic nitrogens is 5. The SMILES string of the molecule is Cc1cccc2cc([C@H](c3nnnn3C3CCCCC3)N3CCOCC3)c(=O)[nH]c12. The molecule has 8 heteroatoms. The molecule has 0 radical (unpaired) electrons. The van der Waals surface area contributed by atoms with Gasteiger partial charge in [0.25, 0.3) is 5.56 Å². The van der Waals surface area contributed by atoms with Crippen molar-refractivity contribution < 1.29 is 4.74 Å². The Hall–Kier alpha value is -2.58. The van der Waals surface area contributed by atoms with Gasteiger partial charge in [0.15, 0.2) is 5.82 Å². The van der Waals surface area contributed by atoms with Crippen LogP contribution in [0.25, 0.3) is 10.9 Å². The van der Waals surface area contributed by atoms with Gasteiger partial charge in [0.05, 0.1) is 24.8 Å². The van der Waals surface area contributed by atoms with E-state index in [1.54, 1.807) is 0 Å². The Labute approximate surface area is 175 Å². The number of ether oxygens (including phenoxy) is 1. The van der Waals surface area contributed by atoms with E-state index in [4.69, 9.17) is 4.74 Å². The van der Waals surface area contributed by atoms with Gasteiger partial charge in [-0.2, -0.15) is 0 Å². The molecule has 1 aliphatic heterocycles. The Kier molecular flexibility index (Phi) is 5.35. The van der Waals surface area contributed by atoms with E-state index in [2.05, 4.69) is 25.4 Å². The highest BCUT2D eigenvalue weighted by atomic mass is 16.5. The molecule has 1 atom stereocenters. The van der Waals surface area contributed by atoms with E-state index in [0.717, 1.165) is 48.2 Å². The molecular weight excluding hydrogens is 380 g/mol. The summed E-state index contributed by atoms with van der Waals surface area (Å²) in [6.07, 6.45) is 5.83. The molecule has 3 aromatic rings. The maximum Gasteiger partial charge on any atom is 0.253 e. The number of aromatic amines is 1. The van der Waals surface area contributed by atoms with Crippen LogP contribution in [0.3, 0.4) is 0 Å². The second-order valence-corrected chi connectivity index (χ2v) is 8.42. The van der Waals surface area contributed by atoms with E-state index < -0.39 is 0 Å². The van der Waals surface area contributed by atoms with Crippen molar-refractivity contribution in [2.45, 2.75) is 51.1 Å². The highest BCUT2D eigenvalue weighted by Gasteiger charge is 2.33. The van der Waals surface area contributed by atoms with E-state index >= 15 is 0 Å². The van der Waals surface area contributed by atoms with Crippen molar-refractivity contribution in [3.8, 4) is 0 Å². The van der Waals surface area contributed by atoms with E-state index in [1.807, 2.05) is 35.9 Å². The van der Waals surface area contributed by atoms with Gasteiger partial charge in [0, 0.05) is 18.7 Å². The third-order valence-electron chi connectivity index (χ3n) is 6.51. The molecular formula is C22H28N6O2. The number of tetrazole rings is 1. The molecule has 1 N–H and O–H groups in total. The molecule has 1 saturated heterocycles. The second-order valence-electron chi connectivity index (χ2n) is 8.42. The van der Waals surface area contributed by atoms with Crippen molar-refractivity contribution in [1.82, 2.24) is 30.1 Å². The summed E-state index contributed by atoms with van der Waals surface area (Å²) in [6, 6.07) is 8.11. The Bertz CT molecular complexity index is 1080. The summed E-state index contributed by atoms with van der Waals surface area (Å²) in [5.74, 6) is 0.765. The normalized spacial score (nSPS) is 19.9. The molecule has 2 fully saturated rings. The standard InChI is InChI=1S/C22H28N6O2/c1-15-6-5-7-16-14-18(22(29)23-19(15)16)20(27-10-12-30-13-11-27)21-24-25-26-28(21)17-8-3-2-4-9-17/h5-7,14,17,20H,2-4,8-13H2,1H3,(H,23,29)/t20-/m1/s1. The Balaban J connectivity index is 1.64. The Morgan fingerprint density at radius 3 is 2.77 bits per heavy atom. The minimum atomic E-state index is -0.292. The van der Waals surface area contributed by atoms with Crippen molar-refractivity contribution in [1.29, 1.82) is 0 Å². The lowest BCUT2D eigenvalue weighted by Crippen LogP contribution is -2.42. The van der Waals surface area contributed by atoms with Gasteiger partial charge >= 0.3 is 0 Å². The van der Waals surface area contributed by atoms with Gasteiger partial charge < -0.3 is 9.72 Å². The van der Waals surface area contributed by atoms with Gasteiger partial charge in [-0.1, -0.05) is 37.5 Å². The smallest absolute Gasteiger partial charge is 0.253 e. The second kappa shape index (κ2) is 8.28. The van der Waals surface area contributed by atoms with Crippen LogP contribution in [0, 0.1) is 6.92 Å². The van der Waals surface area contributed by atoms with Crippen LogP contribution in [-0.2, 0) is 4.74 Å². The summed E-state index contributed by atoms with van der Waals surface area (Å²) in [4.78, 5) is 18.7. The number of hydrogen-bond donors (Lipinski definition) is 1. The third-order valence-corrected chi connectivity index (χ3v) is 6.51. The van der Waals surface area contributed by atoms with Gasteiger partial charge in [-0.3, -0.25) is 9.69 Å². The van der Waals surface area contributed by atoms with Crippen LogP contribution < -0.4 is 5.56 Å². The number of nitrogens with zero attached hydrogens (tertiary/aromatic N) is 5. The number of hydrogen-bond acceptors (Lipinski definition) is 6. The number of pyridine rings is 1. The van der Waals surface area contributed by atoms with E-state index in [0.29, 0.717) is 24.8 Å². The quantitative estimate of drug-likeness (QED) is 0.714. The Morgan fingerprint density at radius 1 is 1.17 bits per heavy atom. The lowest BCUT2D eigenvalue weighted by molar-refractivity contribution is 0.0209. The van der Waals surface area contributed by atoms with Crippen molar-refractivity contribution in [2.75, 3.05) is 26.3 Å². The summed E-state index contributed by atoms with van der Waals surface area (Å²) in [5, 5.41) is 13.9. The summed E-state index contributed by atoms with van der Waals surface area (Å²) >= 11 is 0. The van der Waals surface area contributed by atoms with E-state index in [9.17, 15) is 4.79 Å². The first-order valence-electron chi connectivity index (χ1n) is 10.9. The molecule has 0 unspecified atom stereocenters. The van der Waals surface area contributed by atoms with Crippen LogP contribution in [0.1, 0.15) is 61.1 Å². The van der Waals surface area contributed by atoms with Gasteiger partial charge in [-0.05, 0) is 47.2 Å². The fourth-order valence-corrected chi connectivity index (χ4v) is 4.90. The average molecular weight is 409 g/mol. The monoisotopic (exact) mass is 408 g/mol. The number of nitrogens with one attached hydrogen (secondary N) is 1. The topological polar surface area (TPSA) is 88.9 Å². The molecule has 30 heavy (non-hydrogen) atoms. The van der Waals surface area contributed by atoms with E-state index in [-0.39, 0.29) is 11.6 Å². The van der Waals surface area contributed by atoms with Crippen LogP contribution in [-0.4, -0.2) is 56.4 Å². The molecule has 0 bridgehead atoms. The minimum absolute atomic E-state index is 0.0773. The number of morpholine rings is 1. The van der Waals surface area contributed by atoms with Crippen LogP contribution >= 0.6 is 0 Å². The predicted octanol–water partition coefficient (Wildman–Crippen LogP) is 2.75. The summed E-state index contributed by atoms with van der Waals surface area (Å²) in [7, 11) is 0. The predicted molar refractivity (Wildman–Crippen MR) is 113 cm³/mol. The summed E-state index contributed by atoms with van der Waals surface area (Å²) < 4.78 is 7.57. The maximum absolute atomic E-state index is 13.3. The summed E-state index contributed by atoms with van der Waals surface area (Å²) in [6.45, 7) is 4.79. The van der Waals surface area contributed by atoms with Crippen molar-refractivity contribution in [3.63, 3.8) is 0 Å². The lowest BCUT2D eigenvalue weighted by atomic mass is 9.95. The highest BCUT2D eigenvalue weighted by Crippen LogP contribution is 2.33. The molecule has 2 aliphatic rings. The van der Waals surface area contributed by atoms with Crippen LogP contribution in [0.4, 0.5) is 0 Å². The van der Waals surface area contributed by atoms with Gasteiger partial charge in [0.1, 0.15) is 6.04 Å². The minimum Gasteiger partial charge on any atom is -0.379 e. The number of rotatable bonds is 4. The maximum atomic E-state index is 13.3. The summed E-state index contributed by atoms with van der Waals surface area (Å²) in [5.41, 5.74) is 2.57. The van der Waals surface area contributed by atoms with Gasteiger partial charge in [0.2, 0.25) is 0 Å². The third kappa shape index (κ3) is 3.54. The zero-order valence-electron chi connectivity index (χ0n) is 17.4. The van der Waals surface area contributed by atoms with Crippen molar-refractivity contribution in [2.24, 2.45) is 0 Å². The molecule has 1 saturated carbocycles. The average Bonchev–Trinajstić information content (AvgIpc) is 3.26. The van der Waals surface area contributed by atoms with Crippen molar-refractivity contribution >= 4 is 10.9 Å². The zero-order chi connectivity index (χ0) is 20.5. The number of para-hydroxylation sites is 1. The number of benzene rings is 1. The van der Waals surface area contributed by atoms with Gasteiger partial charge in [-0.15, -0.1) is 5.10 Å². The largest absolute Gasteiger partial charge is 0.379 e. The van der Waals surface area contributed by atoms with E-state index in [1.165, 1.54) is 19.3 Å². The number of fused-ring (bicyclic) bond motifs is 1. The molecule has 3 heterocycles. The molecule has 2 aromatic heterocycles. The van der Waals surface area contributed by atoms with Gasteiger partial charge in [-0.25, -0.2) is 4.68 Å². The van der Waals surface area contributed by atoms with Crippen LogP contribution in [0.15, 0.2) is 29.1 Å². The van der Waals surface area contributed by atoms with Crippen LogP contribution in [0.2, 0.25) is 0 Å². The molecule has 1 aromatic carbocycles.